The van der Waals surface area contributed by atoms with E-state index in [-0.39, 0.29) is 5.56 Å². The van der Waals surface area contributed by atoms with Gasteiger partial charge in [-0.2, -0.15) is 8.78 Å². The van der Waals surface area contributed by atoms with Crippen LogP contribution in [-0.4, -0.2) is 37.9 Å². The number of hydrogen-bond acceptors (Lipinski definition) is 5. The van der Waals surface area contributed by atoms with Crippen molar-refractivity contribution < 1.29 is 23.7 Å². The van der Waals surface area contributed by atoms with Gasteiger partial charge in [0.1, 0.15) is 11.9 Å². The predicted octanol–water partition coefficient (Wildman–Crippen LogP) is 0.145. The van der Waals surface area contributed by atoms with Crippen molar-refractivity contribution in [1.29, 1.82) is 0 Å². The molecular weight excluding hydrogens is 290 g/mol. The summed E-state index contributed by atoms with van der Waals surface area (Å²) in [7, 11) is 0. The number of aliphatic hydroxyl groups excluding tert-OH is 2. The number of ether oxygens (including phenoxy) is 1. The van der Waals surface area contributed by atoms with Crippen LogP contribution in [0.1, 0.15) is 11.8 Å². The Hall–Kier alpha value is -2.26. The standard InChI is InChI=1S/C12H12F2N2O5/c1-3-6-4-16(11(20)15-9(6)19)10-12(13,14)8(18)7(21-10)5(2)17/h3-4,7-8,10,17-18H,1-2H2,(H,15,19,20)/t7-,8-,10-/m1/s1. The van der Waals surface area contributed by atoms with E-state index in [9.17, 15) is 23.5 Å². The van der Waals surface area contributed by atoms with Gasteiger partial charge in [0, 0.05) is 6.20 Å². The average Bonchev–Trinajstić information content (AvgIpc) is 2.62. The molecule has 2 rings (SSSR count). The number of aromatic nitrogens is 2. The van der Waals surface area contributed by atoms with E-state index in [0.717, 1.165) is 12.3 Å². The maximum atomic E-state index is 14.0. The SMILES string of the molecule is C=Cc1cn([C@@H]2O[C@H](C(=C)O)[C@@H](O)C2(F)F)c(=O)[nH]c1=O. The van der Waals surface area contributed by atoms with Crippen LogP contribution in [0.3, 0.4) is 0 Å². The zero-order valence-electron chi connectivity index (χ0n) is 10.6. The lowest BCUT2D eigenvalue weighted by Gasteiger charge is -2.21. The van der Waals surface area contributed by atoms with E-state index in [0.29, 0.717) is 4.57 Å². The summed E-state index contributed by atoms with van der Waals surface area (Å²) in [4.78, 5) is 24.9. The summed E-state index contributed by atoms with van der Waals surface area (Å²) in [5.41, 5.74) is -2.07. The highest BCUT2D eigenvalue weighted by atomic mass is 19.3. The number of rotatable bonds is 3. The predicted molar refractivity (Wildman–Crippen MR) is 68.0 cm³/mol. The molecule has 7 nitrogen and oxygen atoms in total. The molecule has 0 radical (unpaired) electrons. The third-order valence-corrected chi connectivity index (χ3v) is 3.08. The summed E-state index contributed by atoms with van der Waals surface area (Å²) in [6.07, 6.45) is -4.44. The first-order valence-corrected chi connectivity index (χ1v) is 5.77. The molecule has 0 aromatic carbocycles. The average molecular weight is 302 g/mol. The van der Waals surface area contributed by atoms with Crippen molar-refractivity contribution in [2.45, 2.75) is 24.4 Å². The second-order valence-corrected chi connectivity index (χ2v) is 4.47. The van der Waals surface area contributed by atoms with Crippen LogP contribution >= 0.6 is 0 Å². The number of nitrogens with one attached hydrogen (secondary N) is 1. The third kappa shape index (κ3) is 2.30. The molecule has 2 heterocycles. The second kappa shape index (κ2) is 4.93. The molecule has 0 bridgehead atoms. The number of hydrogen-bond donors (Lipinski definition) is 3. The van der Waals surface area contributed by atoms with Crippen LogP contribution in [0.15, 0.2) is 34.7 Å². The van der Waals surface area contributed by atoms with Crippen molar-refractivity contribution in [1.82, 2.24) is 9.55 Å². The molecule has 0 unspecified atom stereocenters. The Morgan fingerprint density at radius 2 is 2.14 bits per heavy atom. The van der Waals surface area contributed by atoms with Gasteiger partial charge in [-0.15, -0.1) is 0 Å². The summed E-state index contributed by atoms with van der Waals surface area (Å²) >= 11 is 0. The largest absolute Gasteiger partial charge is 0.510 e. The quantitative estimate of drug-likeness (QED) is 0.689. The first-order valence-electron chi connectivity index (χ1n) is 5.77. The Morgan fingerprint density at radius 3 is 2.62 bits per heavy atom. The van der Waals surface area contributed by atoms with Crippen LogP contribution in [0.5, 0.6) is 0 Å². The molecule has 21 heavy (non-hydrogen) atoms. The fourth-order valence-electron chi connectivity index (χ4n) is 1.98. The number of nitrogens with zero attached hydrogens (tertiary/aromatic N) is 1. The van der Waals surface area contributed by atoms with Crippen molar-refractivity contribution in [2.24, 2.45) is 0 Å². The molecule has 1 aromatic rings. The topological polar surface area (TPSA) is 105 Å². The van der Waals surface area contributed by atoms with Gasteiger partial charge in [-0.3, -0.25) is 14.3 Å². The van der Waals surface area contributed by atoms with Crippen molar-refractivity contribution in [3.05, 3.63) is 51.5 Å². The zero-order chi connectivity index (χ0) is 15.9. The molecular formula is C12H12F2N2O5. The highest BCUT2D eigenvalue weighted by Crippen LogP contribution is 2.43. The molecule has 3 atom stereocenters. The van der Waals surface area contributed by atoms with Crippen LogP contribution in [-0.2, 0) is 4.74 Å². The van der Waals surface area contributed by atoms with Gasteiger partial charge < -0.3 is 14.9 Å². The normalized spacial score (nSPS) is 27.5. The molecule has 1 aliphatic heterocycles. The highest BCUT2D eigenvalue weighted by molar-refractivity contribution is 5.43. The molecule has 0 amide bonds. The first kappa shape index (κ1) is 15.1. The Balaban J connectivity index is 2.57. The lowest BCUT2D eigenvalue weighted by molar-refractivity contribution is -0.140. The van der Waals surface area contributed by atoms with E-state index < -0.39 is 41.4 Å². The van der Waals surface area contributed by atoms with Gasteiger partial charge in [0.05, 0.1) is 5.56 Å². The first-order chi connectivity index (χ1) is 9.70. The maximum Gasteiger partial charge on any atom is 0.330 e. The minimum absolute atomic E-state index is 0.130. The number of aliphatic hydroxyl groups is 2. The Kier molecular flexibility index (Phi) is 3.56. The van der Waals surface area contributed by atoms with Crippen molar-refractivity contribution in [3.63, 3.8) is 0 Å². The van der Waals surface area contributed by atoms with Crippen molar-refractivity contribution in [2.75, 3.05) is 0 Å². The minimum atomic E-state index is -3.88. The fraction of sp³-hybridized carbons (Fsp3) is 0.333. The molecule has 1 saturated heterocycles. The Bertz CT molecular complexity index is 708. The number of H-pyrrole nitrogens is 1. The molecule has 1 aliphatic rings. The van der Waals surface area contributed by atoms with Gasteiger partial charge in [0.25, 0.3) is 5.56 Å². The molecule has 114 valence electrons. The van der Waals surface area contributed by atoms with Crippen LogP contribution in [0.4, 0.5) is 8.78 Å². The van der Waals surface area contributed by atoms with E-state index in [1.165, 1.54) is 0 Å². The van der Waals surface area contributed by atoms with E-state index in [2.05, 4.69) is 13.2 Å². The number of alkyl halides is 2. The number of aromatic amines is 1. The lowest BCUT2D eigenvalue weighted by atomic mass is 10.1. The third-order valence-electron chi connectivity index (χ3n) is 3.08. The molecule has 1 aromatic heterocycles. The zero-order valence-corrected chi connectivity index (χ0v) is 10.6. The summed E-state index contributed by atoms with van der Waals surface area (Å²) in [5.74, 6) is -4.68. The van der Waals surface area contributed by atoms with E-state index in [1.807, 2.05) is 4.98 Å². The van der Waals surface area contributed by atoms with E-state index >= 15 is 0 Å². The fourth-order valence-corrected chi connectivity index (χ4v) is 1.98. The Labute approximate surface area is 116 Å². The van der Waals surface area contributed by atoms with Gasteiger partial charge in [-0.25, -0.2) is 4.79 Å². The highest BCUT2D eigenvalue weighted by Gasteiger charge is 2.60. The van der Waals surface area contributed by atoms with Gasteiger partial charge in [0.15, 0.2) is 6.10 Å². The van der Waals surface area contributed by atoms with Crippen LogP contribution < -0.4 is 11.2 Å². The monoisotopic (exact) mass is 302 g/mol. The van der Waals surface area contributed by atoms with Crippen LogP contribution in [0, 0.1) is 0 Å². The molecule has 0 aliphatic carbocycles. The molecule has 1 fully saturated rings. The summed E-state index contributed by atoms with van der Waals surface area (Å²) < 4.78 is 33.3. The van der Waals surface area contributed by atoms with Gasteiger partial charge in [-0.1, -0.05) is 19.2 Å². The summed E-state index contributed by atoms with van der Waals surface area (Å²) in [6.45, 7) is 6.34. The Morgan fingerprint density at radius 1 is 1.52 bits per heavy atom. The van der Waals surface area contributed by atoms with Gasteiger partial charge in [0.2, 0.25) is 6.23 Å². The van der Waals surface area contributed by atoms with Crippen LogP contribution in [0.2, 0.25) is 0 Å². The molecule has 3 N–H and O–H groups in total. The lowest BCUT2D eigenvalue weighted by Crippen LogP contribution is -2.42. The number of halogens is 2. The smallest absolute Gasteiger partial charge is 0.330 e. The maximum absolute atomic E-state index is 14.0. The van der Waals surface area contributed by atoms with Gasteiger partial charge in [-0.05, 0) is 0 Å². The second-order valence-electron chi connectivity index (χ2n) is 4.47. The molecule has 9 heteroatoms. The van der Waals surface area contributed by atoms with Gasteiger partial charge >= 0.3 is 11.6 Å². The minimum Gasteiger partial charge on any atom is -0.510 e. The van der Waals surface area contributed by atoms with Crippen molar-refractivity contribution >= 4 is 6.08 Å². The van der Waals surface area contributed by atoms with Crippen LogP contribution in [0.25, 0.3) is 6.08 Å². The molecule has 0 saturated carbocycles. The molecule has 0 spiro atoms. The summed E-state index contributed by atoms with van der Waals surface area (Å²) in [6, 6.07) is 0. The van der Waals surface area contributed by atoms with E-state index in [1.54, 1.807) is 0 Å². The van der Waals surface area contributed by atoms with E-state index in [4.69, 9.17) is 9.84 Å². The van der Waals surface area contributed by atoms with Crippen molar-refractivity contribution in [3.8, 4) is 0 Å². The summed E-state index contributed by atoms with van der Waals surface area (Å²) in [5, 5.41) is 18.6.